The molecule has 0 radical (unpaired) electrons. The van der Waals surface area contributed by atoms with Crippen molar-refractivity contribution in [3.05, 3.63) is 0 Å². The Hall–Kier alpha value is 0.559. The van der Waals surface area contributed by atoms with Crippen molar-refractivity contribution in [2.75, 3.05) is 0 Å². The molecule has 0 heterocycles. The second-order valence-corrected chi connectivity index (χ2v) is 6.39. The molecule has 0 aliphatic rings. The molecule has 0 bridgehead atoms. The van der Waals surface area contributed by atoms with Crippen LogP contribution in [0.5, 0.6) is 0 Å². The Balaban J connectivity index is 4.06. The van der Waals surface area contributed by atoms with Gasteiger partial charge in [-0.2, -0.15) is 0 Å². The molecular weight excluding hydrogens is 207 g/mol. The third kappa shape index (κ3) is 95.4. The third-order valence-corrected chi connectivity index (χ3v) is 0. The zero-order valence-corrected chi connectivity index (χ0v) is 5.35. The summed E-state index contributed by atoms with van der Waals surface area (Å²) in [6.07, 6.45) is 0. The summed E-state index contributed by atoms with van der Waals surface area (Å²) in [4.78, 5) is 0. The van der Waals surface area contributed by atoms with Gasteiger partial charge < -0.3 is 0 Å². The molecule has 0 fully saturated rings. The zero-order valence-electron chi connectivity index (χ0n) is 2.05. The van der Waals surface area contributed by atoms with E-state index in [0.717, 1.165) is 0 Å². The molecule has 0 aliphatic heterocycles. The van der Waals surface area contributed by atoms with Gasteiger partial charge in [0.2, 0.25) is 0 Å². The number of hydrogen-bond acceptors (Lipinski definition) is 2. The molecule has 1 N–H and O–H groups in total. The van der Waals surface area contributed by atoms with E-state index in [2.05, 4.69) is 0 Å². The van der Waals surface area contributed by atoms with Crippen LogP contribution in [0.2, 0.25) is 0 Å². The van der Waals surface area contributed by atoms with Gasteiger partial charge in [0, 0.05) is 0 Å². The van der Waals surface area contributed by atoms with Crippen LogP contribution in [0.3, 0.4) is 0 Å². The molecule has 32 valence electrons. The summed E-state index contributed by atoms with van der Waals surface area (Å²) in [5.41, 5.74) is 0. The minimum absolute atomic E-state index is 1.98. The van der Waals surface area contributed by atoms with Crippen molar-refractivity contribution in [3.63, 3.8) is 0 Å². The Kier molecular flexibility index (Phi) is 1.49. The van der Waals surface area contributed by atoms with Crippen LogP contribution in [0.4, 0.5) is 0 Å². The summed E-state index contributed by atoms with van der Waals surface area (Å²) in [6, 6.07) is 0. The van der Waals surface area contributed by atoms with E-state index >= 15 is 0 Å². The first-order valence-corrected chi connectivity index (χ1v) is 6.85. The normalized spacial score (nSPS) is 11.6. The molecule has 5 heavy (non-hydrogen) atoms. The summed E-state index contributed by atoms with van der Waals surface area (Å²) in [7, 11) is 0. The van der Waals surface area contributed by atoms with Crippen LogP contribution < -0.4 is 0 Å². The monoisotopic (exact) mass is 208 g/mol. The van der Waals surface area contributed by atoms with E-state index in [4.69, 9.17) is 4.19 Å². The molecule has 0 spiro atoms. The molecule has 0 atom stereocenters. The molecule has 0 aromatic rings. The van der Waals surface area contributed by atoms with Crippen LogP contribution in [0.1, 0.15) is 0 Å². The number of rotatable bonds is 0. The van der Waals surface area contributed by atoms with Gasteiger partial charge in [-0.1, -0.05) is 0 Å². The van der Waals surface area contributed by atoms with Gasteiger partial charge in [-0.3, -0.25) is 0 Å². The molecule has 0 aromatic heterocycles. The average molecular weight is 208 g/mol. The molecule has 3 nitrogen and oxygen atoms in total. The van der Waals surface area contributed by atoms with Crippen LogP contribution in [0.25, 0.3) is 0 Å². The molecule has 0 aliphatic carbocycles. The molecule has 0 unspecified atom stereocenters. The van der Waals surface area contributed by atoms with Gasteiger partial charge in [-0.25, -0.2) is 0 Å². The fourth-order valence-electron chi connectivity index (χ4n) is 0. The number of hydrogen-bond donors (Lipinski definition) is 1. The van der Waals surface area contributed by atoms with Crippen LogP contribution >= 0.6 is 14.1 Å². The second-order valence-electron chi connectivity index (χ2n) is 0.412. The SMILES string of the molecule is O=[Se](=O)(O)Br. The molecule has 0 amide bonds. The first-order chi connectivity index (χ1) is 2.00. The fraction of sp³-hybridized carbons (Fsp3) is 0. The first kappa shape index (κ1) is 5.56. The van der Waals surface area contributed by atoms with Gasteiger partial charge in [0.05, 0.1) is 0 Å². The van der Waals surface area contributed by atoms with Crippen molar-refractivity contribution < 1.29 is 11.9 Å². The van der Waals surface area contributed by atoms with Gasteiger partial charge in [-0.05, 0) is 0 Å². The van der Waals surface area contributed by atoms with Crippen LogP contribution in [0, 0.1) is 0 Å². The molecular formula is HBrO3Se. The first-order valence-electron chi connectivity index (χ1n) is 0.670. The van der Waals surface area contributed by atoms with Gasteiger partial charge >= 0.3 is 37.2 Å². The molecule has 0 saturated heterocycles. The maximum absolute atomic E-state index is 9.18. The predicted molar refractivity (Wildman–Crippen MR) is 18.3 cm³/mol. The van der Waals surface area contributed by atoms with Crippen molar-refractivity contribution in [2.24, 2.45) is 0 Å². The summed E-state index contributed by atoms with van der Waals surface area (Å²) < 4.78 is 25.8. The summed E-state index contributed by atoms with van der Waals surface area (Å²) in [6.45, 7) is 0. The summed E-state index contributed by atoms with van der Waals surface area (Å²) in [5.74, 6) is 0. The molecule has 0 saturated carbocycles. The van der Waals surface area contributed by atoms with Gasteiger partial charge in [-0.15, -0.1) is 0 Å². The van der Waals surface area contributed by atoms with Crippen molar-refractivity contribution in [1.82, 2.24) is 0 Å². The van der Waals surface area contributed by atoms with Crippen molar-refractivity contribution in [2.45, 2.75) is 0 Å². The Morgan fingerprint density at radius 1 is 1.60 bits per heavy atom. The summed E-state index contributed by atoms with van der Waals surface area (Å²) >= 11 is -2.46. The quantitative estimate of drug-likeness (QED) is 0.554. The third-order valence-electron chi connectivity index (χ3n) is 0. The van der Waals surface area contributed by atoms with Crippen molar-refractivity contribution >= 4 is 25.3 Å². The predicted octanol–water partition coefficient (Wildman–Crippen LogP) is -0.330. The fourth-order valence-corrected chi connectivity index (χ4v) is 0. The topological polar surface area (TPSA) is 54.4 Å². The summed E-state index contributed by atoms with van der Waals surface area (Å²) in [5, 5.41) is 0. The average Bonchev–Trinajstić information content (AvgIpc) is 0.722. The van der Waals surface area contributed by atoms with Gasteiger partial charge in [0.1, 0.15) is 0 Å². The van der Waals surface area contributed by atoms with E-state index in [1.165, 1.54) is 0 Å². The van der Waals surface area contributed by atoms with Crippen molar-refractivity contribution in [3.8, 4) is 0 Å². The molecule has 0 aromatic carbocycles. The standard InChI is InChI=1S/BrHO3Se/c1-5(2,3)4/h(H,2,3,4). The second kappa shape index (κ2) is 1.34. The maximum atomic E-state index is 9.18. The van der Waals surface area contributed by atoms with Crippen LogP contribution in [-0.2, 0) is 7.67 Å². The van der Waals surface area contributed by atoms with E-state index in [0.29, 0.717) is 0 Å². The Morgan fingerprint density at radius 2 is 1.60 bits per heavy atom. The van der Waals surface area contributed by atoms with Crippen molar-refractivity contribution in [1.29, 1.82) is 0 Å². The van der Waals surface area contributed by atoms with Crippen LogP contribution in [-0.4, -0.2) is 15.4 Å². The number of halogens is 1. The van der Waals surface area contributed by atoms with E-state index < -0.39 is 11.2 Å². The Labute approximate surface area is 37.6 Å². The zero-order chi connectivity index (χ0) is 4.50. The van der Waals surface area contributed by atoms with E-state index in [9.17, 15) is 7.67 Å². The van der Waals surface area contributed by atoms with E-state index in [1.54, 1.807) is 0 Å². The van der Waals surface area contributed by atoms with Crippen LogP contribution in [0.15, 0.2) is 0 Å². The van der Waals surface area contributed by atoms with E-state index in [-0.39, 0.29) is 0 Å². The van der Waals surface area contributed by atoms with Gasteiger partial charge in [0.25, 0.3) is 0 Å². The molecule has 0 rings (SSSR count). The minimum atomic E-state index is -4.44. The molecule has 5 heteroatoms. The van der Waals surface area contributed by atoms with E-state index in [1.807, 2.05) is 14.1 Å². The van der Waals surface area contributed by atoms with Gasteiger partial charge in [0.15, 0.2) is 0 Å². The Bertz CT molecular complexity index is 90.1. The Morgan fingerprint density at radius 3 is 1.60 bits per heavy atom.